The van der Waals surface area contributed by atoms with Crippen molar-refractivity contribution in [3.8, 4) is 33.4 Å². The lowest BCUT2D eigenvalue weighted by atomic mass is 9.81. The predicted molar refractivity (Wildman–Crippen MR) is 271 cm³/mol. The molecule has 0 unspecified atom stereocenters. The van der Waals surface area contributed by atoms with E-state index in [1.807, 2.05) is 0 Å². The first-order valence-corrected chi connectivity index (χ1v) is 22.5. The minimum absolute atomic E-state index is 0.130. The summed E-state index contributed by atoms with van der Waals surface area (Å²) in [6.07, 6.45) is 0. The number of para-hydroxylation sites is 2. The Balaban J connectivity index is 0.948. The molecule has 2 heteroatoms. The Bertz CT molecular complexity index is 3190. The number of nitrogens with zero attached hydrogens (tertiary/aromatic N) is 2. The van der Waals surface area contributed by atoms with Crippen molar-refractivity contribution >= 4 is 55.7 Å². The van der Waals surface area contributed by atoms with Crippen LogP contribution in [0.2, 0.25) is 0 Å². The Morgan fingerprint density at radius 3 is 0.984 bits per heavy atom. The number of benzene rings is 10. The highest BCUT2D eigenvalue weighted by atomic mass is 15.1. The molecule has 10 aromatic rings. The zero-order valence-electron chi connectivity index (χ0n) is 36.7. The number of hydrogen-bond acceptors (Lipinski definition) is 2. The zero-order chi connectivity index (χ0) is 43.2. The van der Waals surface area contributed by atoms with Crippen LogP contribution in [0.1, 0.15) is 49.9 Å². The van der Waals surface area contributed by atoms with Crippen molar-refractivity contribution in [1.29, 1.82) is 0 Å². The van der Waals surface area contributed by atoms with Gasteiger partial charge in [-0.1, -0.05) is 185 Å². The normalized spacial score (nSPS) is 13.9. The number of hydrogen-bond donors (Lipinski definition) is 0. The van der Waals surface area contributed by atoms with Crippen LogP contribution in [-0.4, -0.2) is 0 Å². The molecule has 10 aromatic carbocycles. The molecule has 2 aliphatic carbocycles. The lowest BCUT2D eigenvalue weighted by molar-refractivity contribution is 0.661. The molecule has 0 aromatic heterocycles. The largest absolute Gasteiger partial charge is 0.310 e. The smallest absolute Gasteiger partial charge is 0.0543 e. The van der Waals surface area contributed by atoms with Gasteiger partial charge in [0.05, 0.1) is 11.4 Å². The summed E-state index contributed by atoms with van der Waals surface area (Å²) in [5.74, 6) is 0. The summed E-state index contributed by atoms with van der Waals surface area (Å²) >= 11 is 0. The molecule has 0 heterocycles. The third kappa shape index (κ3) is 5.72. The molecule has 0 N–H and O–H groups in total. The summed E-state index contributed by atoms with van der Waals surface area (Å²) in [4.78, 5) is 4.88. The third-order valence-electron chi connectivity index (χ3n) is 14.2. The van der Waals surface area contributed by atoms with E-state index in [0.717, 1.165) is 22.7 Å². The molecular weight excluding hydrogens is 773 g/mol. The fourth-order valence-electron chi connectivity index (χ4n) is 11.0. The maximum atomic E-state index is 2.46. The standard InChI is InChI=1S/C62H48N2/c1-61(2)53-29-17-15-27-51(53)59-49-25-13-11-23-47(49)57(39-55(59)61)63(43-19-7-5-8-20-43)45-35-31-41(32-36-45)42-33-37-46(38-34-42)64(44-21-9-6-10-22-44)58-40-56-60(50-26-14-12-24-48(50)58)52-28-16-18-30-54(52)62(56,3)4/h5-40H,1-4H3. The molecule has 12 rings (SSSR count). The Morgan fingerprint density at radius 2 is 0.594 bits per heavy atom. The van der Waals surface area contributed by atoms with E-state index in [9.17, 15) is 0 Å². The number of anilines is 6. The van der Waals surface area contributed by atoms with Gasteiger partial charge in [-0.15, -0.1) is 0 Å². The first-order chi connectivity index (χ1) is 31.3. The molecule has 64 heavy (non-hydrogen) atoms. The van der Waals surface area contributed by atoms with Crippen LogP contribution in [0.15, 0.2) is 218 Å². The lowest BCUT2D eigenvalue weighted by Gasteiger charge is -2.30. The van der Waals surface area contributed by atoms with Gasteiger partial charge in [0.15, 0.2) is 0 Å². The van der Waals surface area contributed by atoms with E-state index in [1.54, 1.807) is 0 Å². The van der Waals surface area contributed by atoms with E-state index < -0.39 is 0 Å². The highest BCUT2D eigenvalue weighted by Gasteiger charge is 2.39. The molecule has 0 amide bonds. The van der Waals surface area contributed by atoms with E-state index in [0.29, 0.717) is 0 Å². The second kappa shape index (κ2) is 14.4. The van der Waals surface area contributed by atoms with Crippen LogP contribution in [0.4, 0.5) is 34.1 Å². The molecule has 0 fully saturated rings. The van der Waals surface area contributed by atoms with Crippen LogP contribution in [0.25, 0.3) is 54.9 Å². The van der Waals surface area contributed by atoms with Crippen molar-refractivity contribution in [2.75, 3.05) is 9.80 Å². The van der Waals surface area contributed by atoms with Crippen molar-refractivity contribution in [3.63, 3.8) is 0 Å². The van der Waals surface area contributed by atoms with Gasteiger partial charge >= 0.3 is 0 Å². The summed E-state index contributed by atoms with van der Waals surface area (Å²) in [6.45, 7) is 9.48. The monoisotopic (exact) mass is 820 g/mol. The van der Waals surface area contributed by atoms with Crippen molar-refractivity contribution in [2.45, 2.75) is 38.5 Å². The van der Waals surface area contributed by atoms with Gasteiger partial charge in [0.2, 0.25) is 0 Å². The van der Waals surface area contributed by atoms with E-state index in [2.05, 4.69) is 256 Å². The van der Waals surface area contributed by atoms with Gasteiger partial charge in [-0.25, -0.2) is 0 Å². The SMILES string of the molecule is CC1(C)c2ccccc2-c2c1cc(N(c1ccccc1)c1ccc(-c3ccc(N(c4ccccc4)c4cc5c(c6ccccc46)-c4ccccc4C5(C)C)cc3)cc1)c1ccccc21. The highest BCUT2D eigenvalue weighted by Crippen LogP contribution is 2.56. The molecule has 0 saturated heterocycles. The van der Waals surface area contributed by atoms with E-state index in [1.165, 1.54) is 88.6 Å². The summed E-state index contributed by atoms with van der Waals surface area (Å²) < 4.78 is 0. The number of rotatable bonds is 7. The van der Waals surface area contributed by atoms with Crippen LogP contribution in [0.3, 0.4) is 0 Å². The van der Waals surface area contributed by atoms with Gasteiger partial charge < -0.3 is 9.80 Å². The molecule has 2 nitrogen and oxygen atoms in total. The zero-order valence-corrected chi connectivity index (χ0v) is 36.7. The first kappa shape index (κ1) is 38.0. The Labute approximate surface area is 376 Å². The quantitative estimate of drug-likeness (QED) is 0.158. The van der Waals surface area contributed by atoms with Crippen LogP contribution >= 0.6 is 0 Å². The van der Waals surface area contributed by atoms with Gasteiger partial charge in [0, 0.05) is 44.4 Å². The van der Waals surface area contributed by atoms with Crippen LogP contribution in [0, 0.1) is 0 Å². The summed E-state index contributed by atoms with van der Waals surface area (Å²) in [6, 6.07) is 80.6. The molecule has 0 saturated carbocycles. The molecule has 0 radical (unpaired) electrons. The van der Waals surface area contributed by atoms with Crippen molar-refractivity contribution in [1.82, 2.24) is 0 Å². The third-order valence-corrected chi connectivity index (χ3v) is 14.2. The molecule has 2 aliphatic rings. The minimum atomic E-state index is -0.130. The molecule has 306 valence electrons. The molecule has 0 aliphatic heterocycles. The fraction of sp³-hybridized carbons (Fsp3) is 0.0968. The average Bonchev–Trinajstić information content (AvgIpc) is 3.72. The molecule has 0 bridgehead atoms. The van der Waals surface area contributed by atoms with Gasteiger partial charge in [-0.05, 0) is 127 Å². The average molecular weight is 821 g/mol. The summed E-state index contributed by atoms with van der Waals surface area (Å²) in [5, 5.41) is 5.06. The summed E-state index contributed by atoms with van der Waals surface area (Å²) in [7, 11) is 0. The molecule has 0 spiro atoms. The topological polar surface area (TPSA) is 6.48 Å². The minimum Gasteiger partial charge on any atom is -0.310 e. The second-order valence-corrected chi connectivity index (χ2v) is 18.5. The second-order valence-electron chi connectivity index (χ2n) is 18.5. The van der Waals surface area contributed by atoms with Gasteiger partial charge in [0.25, 0.3) is 0 Å². The van der Waals surface area contributed by atoms with Gasteiger partial charge in [-0.2, -0.15) is 0 Å². The maximum absolute atomic E-state index is 2.46. The van der Waals surface area contributed by atoms with Crippen molar-refractivity contribution < 1.29 is 0 Å². The number of fused-ring (bicyclic) bond motifs is 10. The van der Waals surface area contributed by atoms with E-state index >= 15 is 0 Å². The Morgan fingerprint density at radius 1 is 0.281 bits per heavy atom. The highest BCUT2D eigenvalue weighted by molar-refractivity contribution is 6.11. The van der Waals surface area contributed by atoms with Crippen LogP contribution in [0.5, 0.6) is 0 Å². The Hall–Kier alpha value is -7.68. The fourth-order valence-corrected chi connectivity index (χ4v) is 11.0. The van der Waals surface area contributed by atoms with Crippen LogP contribution < -0.4 is 9.80 Å². The maximum Gasteiger partial charge on any atom is 0.0543 e. The molecule has 0 atom stereocenters. The first-order valence-electron chi connectivity index (χ1n) is 22.5. The van der Waals surface area contributed by atoms with Crippen LogP contribution in [-0.2, 0) is 10.8 Å². The van der Waals surface area contributed by atoms with E-state index in [-0.39, 0.29) is 10.8 Å². The molecular formula is C62H48N2. The lowest BCUT2D eigenvalue weighted by Crippen LogP contribution is -2.17. The van der Waals surface area contributed by atoms with Crippen molar-refractivity contribution in [2.24, 2.45) is 0 Å². The Kier molecular flexibility index (Phi) is 8.58. The van der Waals surface area contributed by atoms with Gasteiger partial charge in [-0.3, -0.25) is 0 Å². The predicted octanol–water partition coefficient (Wildman–Crippen LogP) is 17.2. The van der Waals surface area contributed by atoms with Crippen molar-refractivity contribution in [3.05, 3.63) is 241 Å². The summed E-state index contributed by atoms with van der Waals surface area (Å²) in [5.41, 5.74) is 19.9. The van der Waals surface area contributed by atoms with E-state index in [4.69, 9.17) is 0 Å². The van der Waals surface area contributed by atoms with Gasteiger partial charge in [0.1, 0.15) is 0 Å².